The van der Waals surface area contributed by atoms with Crippen molar-refractivity contribution in [2.75, 3.05) is 63.8 Å². The number of carbonyl (C=O) groups excluding carboxylic acids is 1. The predicted molar refractivity (Wildman–Crippen MR) is 151 cm³/mol. The predicted octanol–water partition coefficient (Wildman–Crippen LogP) is 4.38. The number of ether oxygens (including phenoxy) is 2. The van der Waals surface area contributed by atoms with E-state index in [0.29, 0.717) is 23.6 Å². The van der Waals surface area contributed by atoms with Crippen LogP contribution in [0.25, 0.3) is 16.9 Å². The molecule has 1 aliphatic rings. The van der Waals surface area contributed by atoms with Gasteiger partial charge in [-0.2, -0.15) is 18.3 Å². The Hall–Kier alpha value is -4.49. The number of halogens is 3. The lowest BCUT2D eigenvalue weighted by Crippen LogP contribution is -2.47. The zero-order valence-electron chi connectivity index (χ0n) is 23.1. The molecular weight excluding hydrogens is 551 g/mol. The summed E-state index contributed by atoms with van der Waals surface area (Å²) in [6, 6.07) is 14.2. The average molecular weight is 582 g/mol. The summed E-state index contributed by atoms with van der Waals surface area (Å²) in [4.78, 5) is 25.8. The van der Waals surface area contributed by atoms with Crippen LogP contribution < -0.4 is 15.0 Å². The summed E-state index contributed by atoms with van der Waals surface area (Å²) in [6.07, 6.45) is -2.05. The Kier molecular flexibility index (Phi) is 8.69. The minimum atomic E-state index is -4.67. The van der Waals surface area contributed by atoms with E-state index < -0.39 is 11.9 Å². The number of amides is 1. The smallest absolute Gasteiger partial charge is 0.433 e. The quantitative estimate of drug-likeness (QED) is 0.311. The number of carbonyl (C=O) groups is 1. The van der Waals surface area contributed by atoms with E-state index in [1.807, 2.05) is 18.2 Å². The van der Waals surface area contributed by atoms with Gasteiger partial charge in [0.05, 0.1) is 31.3 Å². The molecule has 5 rings (SSSR count). The highest BCUT2D eigenvalue weighted by atomic mass is 19.4. The first-order valence-corrected chi connectivity index (χ1v) is 13.3. The molecule has 0 unspecified atom stereocenters. The zero-order valence-corrected chi connectivity index (χ0v) is 23.1. The third-order valence-electron chi connectivity index (χ3n) is 6.93. The van der Waals surface area contributed by atoms with Crippen molar-refractivity contribution in [2.45, 2.75) is 6.18 Å². The van der Waals surface area contributed by atoms with Gasteiger partial charge in [0.15, 0.2) is 0 Å². The Bertz CT molecular complexity index is 1500. The summed E-state index contributed by atoms with van der Waals surface area (Å²) in [5.74, 6) is 0.153. The number of methoxy groups -OCH3 is 2. The van der Waals surface area contributed by atoms with Gasteiger partial charge in [-0.15, -0.1) is 0 Å². The van der Waals surface area contributed by atoms with Crippen molar-refractivity contribution >= 4 is 17.4 Å². The van der Waals surface area contributed by atoms with E-state index >= 15 is 0 Å². The van der Waals surface area contributed by atoms with E-state index in [1.165, 1.54) is 31.6 Å². The van der Waals surface area contributed by atoms with Crippen molar-refractivity contribution in [1.29, 1.82) is 0 Å². The van der Waals surface area contributed by atoms with Gasteiger partial charge in [0.2, 0.25) is 5.88 Å². The Balaban J connectivity index is 1.28. The molecule has 0 bridgehead atoms. The van der Waals surface area contributed by atoms with Crippen LogP contribution in [0.2, 0.25) is 0 Å². The lowest BCUT2D eigenvalue weighted by atomic mass is 10.1. The van der Waals surface area contributed by atoms with Crippen molar-refractivity contribution in [3.8, 4) is 22.8 Å². The van der Waals surface area contributed by atoms with Gasteiger partial charge in [0.1, 0.15) is 11.5 Å². The topological polar surface area (TPSA) is 97.6 Å². The fourth-order valence-electron chi connectivity index (χ4n) is 4.64. The van der Waals surface area contributed by atoms with Crippen LogP contribution in [-0.2, 0) is 10.9 Å². The first-order valence-electron chi connectivity index (χ1n) is 13.3. The van der Waals surface area contributed by atoms with Gasteiger partial charge in [-0.1, -0.05) is 6.07 Å². The minimum Gasteiger partial charge on any atom is -0.481 e. The zero-order chi connectivity index (χ0) is 29.7. The van der Waals surface area contributed by atoms with E-state index in [0.717, 1.165) is 49.2 Å². The fraction of sp³-hybridized carbons (Fsp3) is 0.310. The molecule has 1 saturated heterocycles. The van der Waals surface area contributed by atoms with Crippen LogP contribution in [0.15, 0.2) is 67.0 Å². The lowest BCUT2D eigenvalue weighted by molar-refractivity contribution is -0.142. The normalized spacial score (nSPS) is 14.2. The molecule has 1 N–H and O–H groups in total. The largest absolute Gasteiger partial charge is 0.481 e. The molecule has 3 aromatic heterocycles. The molecule has 0 saturated carbocycles. The molecule has 4 aromatic rings. The van der Waals surface area contributed by atoms with Gasteiger partial charge < -0.3 is 19.7 Å². The fourth-order valence-corrected chi connectivity index (χ4v) is 4.64. The van der Waals surface area contributed by atoms with Crippen molar-refractivity contribution in [3.05, 3.63) is 78.2 Å². The second-order valence-corrected chi connectivity index (χ2v) is 9.64. The van der Waals surface area contributed by atoms with Crippen molar-refractivity contribution in [1.82, 2.24) is 24.6 Å². The number of benzene rings is 1. The monoisotopic (exact) mass is 581 g/mol. The Morgan fingerprint density at radius 1 is 0.952 bits per heavy atom. The molecule has 1 amide bonds. The summed E-state index contributed by atoms with van der Waals surface area (Å²) < 4.78 is 52.6. The maximum Gasteiger partial charge on any atom is 0.433 e. The van der Waals surface area contributed by atoms with Crippen molar-refractivity contribution in [3.63, 3.8) is 0 Å². The van der Waals surface area contributed by atoms with E-state index in [-0.39, 0.29) is 23.1 Å². The number of rotatable bonds is 9. The molecule has 0 aliphatic carbocycles. The standard InChI is InChI=1S/C29H30F3N7O3/c1-41-15-14-37-10-12-38(13-11-37)22-5-3-4-20(16-22)28(40)35-26-8-7-23(19-33-26)39-25(29(30,31)32)17-24(36-39)21-6-9-27(42-2)34-18-21/h3-9,16-19H,10-15H2,1-2H3,(H,33,35,40). The molecule has 42 heavy (non-hydrogen) atoms. The first kappa shape index (κ1) is 29.0. The number of nitrogens with one attached hydrogen (secondary N) is 1. The minimum absolute atomic E-state index is 0.0830. The summed E-state index contributed by atoms with van der Waals surface area (Å²) in [5, 5.41) is 6.88. The van der Waals surface area contributed by atoms with E-state index in [4.69, 9.17) is 9.47 Å². The second-order valence-electron chi connectivity index (χ2n) is 9.64. The summed E-state index contributed by atoms with van der Waals surface area (Å²) in [7, 11) is 3.14. The number of hydrogen-bond acceptors (Lipinski definition) is 8. The van der Waals surface area contributed by atoms with E-state index in [1.54, 1.807) is 25.3 Å². The van der Waals surface area contributed by atoms with Crippen molar-refractivity contribution in [2.24, 2.45) is 0 Å². The molecule has 1 aromatic carbocycles. The Morgan fingerprint density at radius 2 is 1.76 bits per heavy atom. The number of hydrogen-bond donors (Lipinski definition) is 1. The summed E-state index contributed by atoms with van der Waals surface area (Å²) in [5.41, 5.74) is 0.990. The van der Waals surface area contributed by atoms with Gasteiger partial charge >= 0.3 is 6.18 Å². The second kappa shape index (κ2) is 12.6. The third-order valence-corrected chi connectivity index (χ3v) is 6.93. The van der Waals surface area contributed by atoms with E-state index in [2.05, 4.69) is 30.2 Å². The van der Waals surface area contributed by atoms with Crippen LogP contribution >= 0.6 is 0 Å². The van der Waals surface area contributed by atoms with Gasteiger partial charge in [-0.05, 0) is 42.5 Å². The lowest BCUT2D eigenvalue weighted by Gasteiger charge is -2.36. The number of piperazine rings is 1. The van der Waals surface area contributed by atoms with Crippen LogP contribution in [0.1, 0.15) is 16.1 Å². The van der Waals surface area contributed by atoms with Gasteiger partial charge in [0, 0.05) is 68.9 Å². The Morgan fingerprint density at radius 3 is 2.40 bits per heavy atom. The Labute approximate surface area is 240 Å². The van der Waals surface area contributed by atoms with Crippen LogP contribution in [0, 0.1) is 0 Å². The molecule has 4 heterocycles. The first-order chi connectivity index (χ1) is 20.2. The molecule has 10 nitrogen and oxygen atoms in total. The van der Waals surface area contributed by atoms with Crippen LogP contribution in [0.4, 0.5) is 24.7 Å². The number of alkyl halides is 3. The van der Waals surface area contributed by atoms with Crippen LogP contribution in [-0.4, -0.2) is 84.1 Å². The molecule has 0 radical (unpaired) electrons. The van der Waals surface area contributed by atoms with Gasteiger partial charge in [-0.3, -0.25) is 9.69 Å². The number of nitrogens with zero attached hydrogens (tertiary/aromatic N) is 6. The average Bonchev–Trinajstić information content (AvgIpc) is 3.47. The maximum absolute atomic E-state index is 13.9. The third kappa shape index (κ3) is 6.69. The highest BCUT2D eigenvalue weighted by Crippen LogP contribution is 2.34. The van der Waals surface area contributed by atoms with E-state index in [9.17, 15) is 18.0 Å². The molecular formula is C29H30F3N7O3. The summed E-state index contributed by atoms with van der Waals surface area (Å²) in [6.45, 7) is 5.06. The number of pyridine rings is 2. The molecule has 220 valence electrons. The molecule has 1 fully saturated rings. The van der Waals surface area contributed by atoms with Crippen molar-refractivity contribution < 1.29 is 27.4 Å². The number of anilines is 2. The molecule has 0 spiro atoms. The van der Waals surface area contributed by atoms with Gasteiger partial charge in [0.25, 0.3) is 5.91 Å². The molecule has 13 heteroatoms. The van der Waals surface area contributed by atoms with Crippen LogP contribution in [0.3, 0.4) is 0 Å². The SMILES string of the molecule is COCCN1CCN(c2cccc(C(=O)Nc3ccc(-n4nc(-c5ccc(OC)nc5)cc4C(F)(F)F)cn3)c2)CC1. The summed E-state index contributed by atoms with van der Waals surface area (Å²) >= 11 is 0. The van der Waals surface area contributed by atoms with Crippen LogP contribution in [0.5, 0.6) is 5.88 Å². The molecule has 0 atom stereocenters. The maximum atomic E-state index is 13.9. The highest BCUT2D eigenvalue weighted by Gasteiger charge is 2.36. The van der Waals surface area contributed by atoms with Gasteiger partial charge in [-0.25, -0.2) is 14.6 Å². The molecule has 1 aliphatic heterocycles. The highest BCUT2D eigenvalue weighted by molar-refractivity contribution is 6.04. The number of aromatic nitrogens is 4.